The lowest BCUT2D eigenvalue weighted by Crippen LogP contribution is -2.41. The normalized spacial score (nSPS) is 24.0. The minimum atomic E-state index is 1.88. The predicted octanol–water partition coefficient (Wildman–Crippen LogP) is -2.26. The van der Waals surface area contributed by atoms with Crippen LogP contribution in [0.5, 0.6) is 0 Å². The van der Waals surface area contributed by atoms with Crippen LogP contribution in [0.2, 0.25) is 0 Å². The summed E-state index contributed by atoms with van der Waals surface area (Å²) in [5.74, 6) is 0. The smallest absolute Gasteiger partial charge is 0.0348 e. The highest BCUT2D eigenvalue weighted by Crippen LogP contribution is 1.64. The van der Waals surface area contributed by atoms with Gasteiger partial charge in [-0.2, -0.15) is 19.8 Å². The molecule has 0 aliphatic carbocycles. The SMILES string of the molecule is N1ONONONO1. The van der Waals surface area contributed by atoms with Crippen molar-refractivity contribution in [3.63, 3.8) is 0 Å². The van der Waals surface area contributed by atoms with Crippen LogP contribution in [0, 0.1) is 0 Å². The Bertz CT molecular complexity index is 32.0. The molecule has 1 aliphatic rings. The molecule has 1 saturated heterocycles. The Kier molecular flexibility index (Phi) is 2.65. The van der Waals surface area contributed by atoms with E-state index in [1.165, 1.54) is 0 Å². The Labute approximate surface area is 43.7 Å². The fourth-order valence-electron chi connectivity index (χ4n) is 0.151. The number of nitrogens with one attached hydrogen (secondary N) is 4. The first kappa shape index (κ1) is 5.81. The van der Waals surface area contributed by atoms with Gasteiger partial charge in [-0.15, -0.1) is 0 Å². The molecule has 0 aromatic carbocycles. The van der Waals surface area contributed by atoms with Crippen molar-refractivity contribution in [2.75, 3.05) is 0 Å². The molecule has 8 heteroatoms. The monoisotopic (exact) mass is 124 g/mol. The van der Waals surface area contributed by atoms with Gasteiger partial charge in [-0.05, 0) is 22.6 Å². The van der Waals surface area contributed by atoms with Gasteiger partial charge in [0.1, 0.15) is 0 Å². The molecular weight excluding hydrogens is 120 g/mol. The molecule has 0 spiro atoms. The fraction of sp³-hybridized carbons (Fsp3) is 0. The van der Waals surface area contributed by atoms with Crippen LogP contribution in [-0.4, -0.2) is 0 Å². The van der Waals surface area contributed by atoms with E-state index in [-0.39, 0.29) is 0 Å². The molecule has 4 N–H and O–H groups in total. The first-order valence-corrected chi connectivity index (χ1v) is 1.63. The minimum Gasteiger partial charge on any atom is -0.159 e. The highest BCUT2D eigenvalue weighted by atomic mass is 17.2. The summed E-state index contributed by atoms with van der Waals surface area (Å²) in [6, 6.07) is 0. The molecule has 0 unspecified atom stereocenters. The third-order valence-corrected chi connectivity index (χ3v) is 0.333. The molecule has 0 aromatic heterocycles. The molecule has 1 heterocycles. The van der Waals surface area contributed by atoms with Crippen molar-refractivity contribution in [1.82, 2.24) is 22.6 Å². The van der Waals surface area contributed by atoms with E-state index in [0.29, 0.717) is 0 Å². The maximum absolute atomic E-state index is 4.12. The van der Waals surface area contributed by atoms with E-state index < -0.39 is 0 Å². The summed E-state index contributed by atoms with van der Waals surface area (Å²) in [6.07, 6.45) is 0. The molecule has 0 bridgehead atoms. The zero-order chi connectivity index (χ0) is 5.66. The van der Waals surface area contributed by atoms with Crippen LogP contribution in [0.15, 0.2) is 0 Å². The number of hydrogen-bond acceptors (Lipinski definition) is 8. The van der Waals surface area contributed by atoms with Crippen molar-refractivity contribution < 1.29 is 19.8 Å². The summed E-state index contributed by atoms with van der Waals surface area (Å²) in [5.41, 5.74) is 7.50. The molecule has 1 fully saturated rings. The Hall–Kier alpha value is -0.320. The second-order valence-corrected chi connectivity index (χ2v) is 0.742. The Morgan fingerprint density at radius 2 is 0.750 bits per heavy atom. The second-order valence-electron chi connectivity index (χ2n) is 0.742. The zero-order valence-corrected chi connectivity index (χ0v) is 3.63. The Morgan fingerprint density at radius 1 is 0.500 bits per heavy atom. The third kappa shape index (κ3) is 2.11. The standard InChI is InChI=1S/H4N4O4/c1-5-2-7-4-8-3-6-1/h1-4H. The molecule has 1 aliphatic heterocycles. The van der Waals surface area contributed by atoms with Crippen molar-refractivity contribution in [2.24, 2.45) is 0 Å². The van der Waals surface area contributed by atoms with E-state index in [0.717, 1.165) is 0 Å². The van der Waals surface area contributed by atoms with Crippen molar-refractivity contribution in [2.45, 2.75) is 0 Å². The van der Waals surface area contributed by atoms with Gasteiger partial charge in [0.15, 0.2) is 0 Å². The maximum atomic E-state index is 4.12. The van der Waals surface area contributed by atoms with Crippen LogP contribution in [0.4, 0.5) is 0 Å². The quantitative estimate of drug-likeness (QED) is 0.288. The van der Waals surface area contributed by atoms with Crippen molar-refractivity contribution in [3.8, 4) is 0 Å². The van der Waals surface area contributed by atoms with Gasteiger partial charge in [0.25, 0.3) is 0 Å². The van der Waals surface area contributed by atoms with Crippen molar-refractivity contribution in [3.05, 3.63) is 0 Å². The fourth-order valence-corrected chi connectivity index (χ4v) is 0.151. The van der Waals surface area contributed by atoms with Crippen LogP contribution in [0.25, 0.3) is 0 Å². The zero-order valence-electron chi connectivity index (χ0n) is 3.63. The summed E-state index contributed by atoms with van der Waals surface area (Å²) in [5, 5.41) is 0. The minimum absolute atomic E-state index is 1.88. The van der Waals surface area contributed by atoms with Gasteiger partial charge in [-0.3, -0.25) is 0 Å². The topological polar surface area (TPSA) is 85.0 Å². The number of hydrogen-bond donors (Lipinski definition) is 4. The van der Waals surface area contributed by atoms with Crippen LogP contribution in [-0.2, 0) is 19.8 Å². The van der Waals surface area contributed by atoms with Crippen molar-refractivity contribution >= 4 is 0 Å². The lowest BCUT2D eigenvalue weighted by Gasteiger charge is -2.10. The van der Waals surface area contributed by atoms with Gasteiger partial charge in [-0.25, -0.2) is 0 Å². The maximum Gasteiger partial charge on any atom is -0.0348 e. The van der Waals surface area contributed by atoms with Gasteiger partial charge < -0.3 is 0 Å². The molecule has 0 atom stereocenters. The predicted molar refractivity (Wildman–Crippen MR) is 16.9 cm³/mol. The van der Waals surface area contributed by atoms with E-state index in [1.807, 2.05) is 22.6 Å². The van der Waals surface area contributed by atoms with Gasteiger partial charge in [0, 0.05) is 0 Å². The number of rotatable bonds is 0. The molecule has 8 heavy (non-hydrogen) atoms. The van der Waals surface area contributed by atoms with E-state index in [9.17, 15) is 0 Å². The second kappa shape index (κ2) is 3.65. The lowest BCUT2D eigenvalue weighted by molar-refractivity contribution is -0.443. The molecule has 0 saturated carbocycles. The van der Waals surface area contributed by atoms with Gasteiger partial charge >= 0.3 is 0 Å². The highest BCUT2D eigenvalue weighted by molar-refractivity contribution is 3.71. The van der Waals surface area contributed by atoms with Gasteiger partial charge in [0.05, 0.1) is 0 Å². The van der Waals surface area contributed by atoms with Gasteiger partial charge in [0.2, 0.25) is 0 Å². The van der Waals surface area contributed by atoms with Crippen LogP contribution in [0.1, 0.15) is 0 Å². The first-order chi connectivity index (χ1) is 4.00. The Morgan fingerprint density at radius 3 is 1.00 bits per heavy atom. The summed E-state index contributed by atoms with van der Waals surface area (Å²) in [7, 11) is 0. The Balaban J connectivity index is 2.00. The average molecular weight is 124 g/mol. The third-order valence-electron chi connectivity index (χ3n) is 0.333. The van der Waals surface area contributed by atoms with Crippen LogP contribution >= 0.6 is 0 Å². The molecule has 48 valence electrons. The van der Waals surface area contributed by atoms with E-state index in [4.69, 9.17) is 0 Å². The van der Waals surface area contributed by atoms with Crippen LogP contribution < -0.4 is 22.6 Å². The molecule has 1 rings (SSSR count). The summed E-state index contributed by atoms with van der Waals surface area (Å²) >= 11 is 0. The first-order valence-electron chi connectivity index (χ1n) is 1.63. The molecule has 0 aromatic rings. The largest absolute Gasteiger partial charge is 0.159 e. The highest BCUT2D eigenvalue weighted by Gasteiger charge is 1.91. The van der Waals surface area contributed by atoms with Crippen LogP contribution in [0.3, 0.4) is 0 Å². The van der Waals surface area contributed by atoms with E-state index in [1.54, 1.807) is 0 Å². The van der Waals surface area contributed by atoms with Gasteiger partial charge in [-0.1, -0.05) is 0 Å². The van der Waals surface area contributed by atoms with E-state index >= 15 is 0 Å². The molecular formula is H4N4O4. The van der Waals surface area contributed by atoms with Crippen molar-refractivity contribution in [1.29, 1.82) is 0 Å². The average Bonchev–Trinajstić information content (AvgIpc) is 1.62. The molecule has 0 amide bonds. The molecule has 8 nitrogen and oxygen atoms in total. The summed E-state index contributed by atoms with van der Waals surface area (Å²) < 4.78 is 0. The summed E-state index contributed by atoms with van der Waals surface area (Å²) in [4.78, 5) is 16.5. The summed E-state index contributed by atoms with van der Waals surface area (Å²) in [6.45, 7) is 0. The van der Waals surface area contributed by atoms with E-state index in [2.05, 4.69) is 19.8 Å². The lowest BCUT2D eigenvalue weighted by atomic mass is 12.8. The molecule has 0 radical (unpaired) electrons.